The van der Waals surface area contributed by atoms with Crippen LogP contribution in [0.5, 0.6) is 0 Å². The zero-order valence-electron chi connectivity index (χ0n) is 11.4. The van der Waals surface area contributed by atoms with Crippen molar-refractivity contribution in [1.29, 1.82) is 0 Å². The van der Waals surface area contributed by atoms with Crippen molar-refractivity contribution in [2.24, 2.45) is 11.8 Å². The minimum absolute atomic E-state index is 0.395. The van der Waals surface area contributed by atoms with Gasteiger partial charge in [0.1, 0.15) is 5.01 Å². The van der Waals surface area contributed by atoms with Gasteiger partial charge in [0, 0.05) is 17.1 Å². The Hall–Kier alpha value is -0.410. The van der Waals surface area contributed by atoms with Crippen LogP contribution in [0.15, 0.2) is 5.38 Å². The van der Waals surface area contributed by atoms with Crippen molar-refractivity contribution >= 4 is 11.3 Å². The second kappa shape index (κ2) is 5.49. The van der Waals surface area contributed by atoms with Crippen LogP contribution in [0.2, 0.25) is 0 Å². The fourth-order valence-corrected chi connectivity index (χ4v) is 3.54. The topological polar surface area (TPSA) is 24.9 Å². The molecule has 17 heavy (non-hydrogen) atoms. The molecule has 4 unspecified atom stereocenters. The Bertz CT molecular complexity index is 361. The number of aryl methyl sites for hydroxylation is 1. The van der Waals surface area contributed by atoms with Gasteiger partial charge >= 0.3 is 0 Å². The van der Waals surface area contributed by atoms with Gasteiger partial charge in [-0.1, -0.05) is 20.3 Å². The zero-order chi connectivity index (χ0) is 12.4. The van der Waals surface area contributed by atoms with Crippen LogP contribution in [0.4, 0.5) is 0 Å². The number of nitrogens with zero attached hydrogens (tertiary/aromatic N) is 1. The van der Waals surface area contributed by atoms with E-state index < -0.39 is 0 Å². The second-order valence-corrected chi connectivity index (χ2v) is 6.61. The molecule has 0 saturated heterocycles. The van der Waals surface area contributed by atoms with Gasteiger partial charge in [0.05, 0.1) is 6.04 Å². The van der Waals surface area contributed by atoms with Crippen molar-refractivity contribution in [1.82, 2.24) is 10.3 Å². The molecule has 0 spiro atoms. The van der Waals surface area contributed by atoms with Gasteiger partial charge < -0.3 is 5.32 Å². The molecule has 1 fully saturated rings. The average Bonchev–Trinajstić information content (AvgIpc) is 2.70. The fourth-order valence-electron chi connectivity index (χ4n) is 2.73. The van der Waals surface area contributed by atoms with Gasteiger partial charge in [-0.3, -0.25) is 0 Å². The van der Waals surface area contributed by atoms with Gasteiger partial charge in [-0.25, -0.2) is 4.98 Å². The summed E-state index contributed by atoms with van der Waals surface area (Å²) in [5.74, 6) is 1.67. The highest BCUT2D eigenvalue weighted by atomic mass is 32.1. The van der Waals surface area contributed by atoms with E-state index in [2.05, 4.69) is 43.4 Å². The van der Waals surface area contributed by atoms with Crippen LogP contribution in [-0.2, 0) is 0 Å². The first kappa shape index (κ1) is 13.0. The van der Waals surface area contributed by atoms with Crippen molar-refractivity contribution in [3.8, 4) is 0 Å². The molecule has 0 radical (unpaired) electrons. The van der Waals surface area contributed by atoms with Gasteiger partial charge in [-0.2, -0.15) is 0 Å². The van der Waals surface area contributed by atoms with Gasteiger partial charge in [-0.15, -0.1) is 11.3 Å². The van der Waals surface area contributed by atoms with Gasteiger partial charge in [-0.05, 0) is 38.5 Å². The zero-order valence-corrected chi connectivity index (χ0v) is 12.2. The van der Waals surface area contributed by atoms with Crippen LogP contribution in [-0.4, -0.2) is 11.0 Å². The monoisotopic (exact) mass is 252 g/mol. The normalized spacial score (nSPS) is 31.4. The third-order valence-corrected chi connectivity index (χ3v) is 5.07. The van der Waals surface area contributed by atoms with Crippen LogP contribution >= 0.6 is 11.3 Å². The van der Waals surface area contributed by atoms with Crippen LogP contribution < -0.4 is 5.32 Å². The van der Waals surface area contributed by atoms with Crippen LogP contribution in [0.3, 0.4) is 0 Å². The SMILES string of the molecule is Cc1csc(C(C)NC2CC(C)CCC2C)n1. The predicted octanol–water partition coefficient (Wildman–Crippen LogP) is 3.93. The van der Waals surface area contributed by atoms with Crippen molar-refractivity contribution in [2.75, 3.05) is 0 Å². The van der Waals surface area contributed by atoms with E-state index >= 15 is 0 Å². The third kappa shape index (κ3) is 3.29. The number of aromatic nitrogens is 1. The van der Waals surface area contributed by atoms with E-state index in [1.54, 1.807) is 11.3 Å². The molecule has 0 aromatic carbocycles. The molecule has 0 amide bonds. The van der Waals surface area contributed by atoms with Gasteiger partial charge in [0.25, 0.3) is 0 Å². The molecule has 1 N–H and O–H groups in total. The second-order valence-electron chi connectivity index (χ2n) is 5.72. The molecule has 1 saturated carbocycles. The molecule has 1 heterocycles. The lowest BCUT2D eigenvalue weighted by atomic mass is 9.80. The molecular weight excluding hydrogens is 228 g/mol. The maximum atomic E-state index is 4.58. The standard InChI is InChI=1S/C14H24N2S/c1-9-5-6-10(2)13(7-9)16-12(4)14-15-11(3)8-17-14/h8-10,12-13,16H,5-7H2,1-4H3. The smallest absolute Gasteiger partial charge is 0.110 e. The minimum Gasteiger partial charge on any atom is -0.305 e. The molecule has 1 aliphatic rings. The maximum Gasteiger partial charge on any atom is 0.110 e. The highest BCUT2D eigenvalue weighted by molar-refractivity contribution is 7.09. The highest BCUT2D eigenvalue weighted by Crippen LogP contribution is 2.30. The molecule has 4 atom stereocenters. The summed E-state index contributed by atoms with van der Waals surface area (Å²) < 4.78 is 0. The molecule has 0 aliphatic heterocycles. The minimum atomic E-state index is 0.395. The van der Waals surface area contributed by atoms with E-state index in [9.17, 15) is 0 Å². The fraction of sp³-hybridized carbons (Fsp3) is 0.786. The van der Waals surface area contributed by atoms with Crippen molar-refractivity contribution < 1.29 is 0 Å². The molecule has 1 aromatic rings. The maximum absolute atomic E-state index is 4.58. The van der Waals surface area contributed by atoms with Crippen molar-refractivity contribution in [3.05, 3.63) is 16.1 Å². The van der Waals surface area contributed by atoms with Crippen LogP contribution in [0.1, 0.15) is 56.8 Å². The first-order valence-corrected chi connectivity index (χ1v) is 7.62. The number of rotatable bonds is 3. The Labute approximate surface area is 109 Å². The average molecular weight is 252 g/mol. The number of hydrogen-bond acceptors (Lipinski definition) is 3. The van der Waals surface area contributed by atoms with E-state index in [4.69, 9.17) is 0 Å². The lowest BCUT2D eigenvalue weighted by Gasteiger charge is -2.35. The van der Waals surface area contributed by atoms with Crippen molar-refractivity contribution in [2.45, 2.75) is 59.0 Å². The molecule has 0 bridgehead atoms. The predicted molar refractivity (Wildman–Crippen MR) is 74.4 cm³/mol. The third-order valence-electron chi connectivity index (χ3n) is 3.93. The number of thiazole rings is 1. The summed E-state index contributed by atoms with van der Waals surface area (Å²) in [5.41, 5.74) is 1.14. The number of nitrogens with one attached hydrogen (secondary N) is 1. The highest BCUT2D eigenvalue weighted by Gasteiger charge is 2.27. The van der Waals surface area contributed by atoms with Crippen LogP contribution in [0.25, 0.3) is 0 Å². The molecule has 1 aliphatic carbocycles. The lowest BCUT2D eigenvalue weighted by Crippen LogP contribution is -2.40. The largest absolute Gasteiger partial charge is 0.305 e. The van der Waals surface area contributed by atoms with E-state index in [-0.39, 0.29) is 0 Å². The van der Waals surface area contributed by atoms with Gasteiger partial charge in [0.15, 0.2) is 0 Å². The lowest BCUT2D eigenvalue weighted by molar-refractivity contribution is 0.216. The van der Waals surface area contributed by atoms with Gasteiger partial charge in [0.2, 0.25) is 0 Å². The summed E-state index contributed by atoms with van der Waals surface area (Å²) >= 11 is 1.77. The summed E-state index contributed by atoms with van der Waals surface area (Å²) in [7, 11) is 0. The molecule has 96 valence electrons. The molecule has 2 rings (SSSR count). The Balaban J connectivity index is 1.95. The Morgan fingerprint density at radius 1 is 1.41 bits per heavy atom. The summed E-state index contributed by atoms with van der Waals surface area (Å²) in [4.78, 5) is 4.58. The summed E-state index contributed by atoms with van der Waals surface area (Å²) in [6, 6.07) is 1.06. The van der Waals surface area contributed by atoms with Crippen LogP contribution in [0, 0.1) is 18.8 Å². The van der Waals surface area contributed by atoms with E-state index in [0.717, 1.165) is 17.5 Å². The summed E-state index contributed by atoms with van der Waals surface area (Å²) in [5, 5.41) is 7.15. The van der Waals surface area contributed by atoms with E-state index in [1.807, 2.05) is 0 Å². The quantitative estimate of drug-likeness (QED) is 0.881. The summed E-state index contributed by atoms with van der Waals surface area (Å²) in [6.07, 6.45) is 4.07. The molecule has 3 heteroatoms. The van der Waals surface area contributed by atoms with E-state index in [0.29, 0.717) is 12.1 Å². The number of hydrogen-bond donors (Lipinski definition) is 1. The first-order chi connectivity index (χ1) is 8.06. The molecule has 2 nitrogen and oxygen atoms in total. The Morgan fingerprint density at radius 2 is 2.18 bits per heavy atom. The van der Waals surface area contributed by atoms with E-state index in [1.165, 1.54) is 24.3 Å². The Morgan fingerprint density at radius 3 is 2.82 bits per heavy atom. The molecule has 1 aromatic heterocycles. The summed E-state index contributed by atoms with van der Waals surface area (Å²) in [6.45, 7) is 9.06. The Kier molecular flexibility index (Phi) is 4.21. The molecular formula is C14H24N2S. The first-order valence-electron chi connectivity index (χ1n) is 6.74. The van der Waals surface area contributed by atoms with Crippen molar-refractivity contribution in [3.63, 3.8) is 0 Å².